The van der Waals surface area contributed by atoms with Crippen molar-refractivity contribution in [3.05, 3.63) is 41.0 Å². The molecule has 0 spiro atoms. The van der Waals surface area contributed by atoms with Crippen LogP contribution in [0.1, 0.15) is 5.69 Å². The van der Waals surface area contributed by atoms with Gasteiger partial charge in [-0.1, -0.05) is 17.7 Å². The third kappa shape index (κ3) is 12.7. The Morgan fingerprint density at radius 1 is 0.641 bits per heavy atom. The van der Waals surface area contributed by atoms with Crippen molar-refractivity contribution < 1.29 is 43.1 Å². The third-order valence-electron chi connectivity index (χ3n) is 6.18. The van der Waals surface area contributed by atoms with Crippen molar-refractivity contribution in [1.29, 1.82) is 0 Å². The van der Waals surface area contributed by atoms with Crippen molar-refractivity contribution >= 4 is 45.3 Å². The summed E-state index contributed by atoms with van der Waals surface area (Å²) >= 11 is 6.06. The summed E-state index contributed by atoms with van der Waals surface area (Å²) in [4.78, 5) is 68.6. The van der Waals surface area contributed by atoms with E-state index in [0.29, 0.717) is 24.7 Å². The quantitative estimate of drug-likeness (QED) is 0.226. The van der Waals surface area contributed by atoms with Gasteiger partial charge in [-0.05, 0) is 24.3 Å². The molecule has 1 aliphatic heterocycles. The molecular formula is C21H35ClN5O9P3. The molecule has 0 unspecified atom stereocenters. The maximum absolute atomic E-state index is 11.8. The Morgan fingerprint density at radius 3 is 1.46 bits per heavy atom. The van der Waals surface area contributed by atoms with Gasteiger partial charge in [0.25, 0.3) is 0 Å². The monoisotopic (exact) mass is 629 g/mol. The maximum Gasteiger partial charge on any atom is 0.339 e. The van der Waals surface area contributed by atoms with E-state index in [1.807, 2.05) is 23.1 Å². The van der Waals surface area contributed by atoms with Crippen LogP contribution in [0.15, 0.2) is 30.3 Å². The second kappa shape index (κ2) is 13.9. The molecule has 1 saturated heterocycles. The molecule has 2 aromatic rings. The van der Waals surface area contributed by atoms with Crippen LogP contribution in [0.25, 0.3) is 10.9 Å². The van der Waals surface area contributed by atoms with Crippen molar-refractivity contribution in [3.63, 3.8) is 0 Å². The van der Waals surface area contributed by atoms with Gasteiger partial charge >= 0.3 is 22.8 Å². The minimum atomic E-state index is -4.44. The number of aromatic nitrogens is 1. The van der Waals surface area contributed by atoms with Crippen molar-refractivity contribution in [2.75, 3.05) is 71.2 Å². The van der Waals surface area contributed by atoms with Gasteiger partial charge in [-0.3, -0.25) is 38.3 Å². The van der Waals surface area contributed by atoms with Crippen LogP contribution in [0.2, 0.25) is 5.02 Å². The highest BCUT2D eigenvalue weighted by molar-refractivity contribution is 7.52. The fraction of sp³-hybridized carbons (Fsp3) is 0.571. The van der Waals surface area contributed by atoms with Crippen molar-refractivity contribution in [2.45, 2.75) is 6.54 Å². The Labute approximate surface area is 231 Å². The Hall–Kier alpha value is -0.790. The van der Waals surface area contributed by atoms with Crippen LogP contribution in [0, 0.1) is 0 Å². The van der Waals surface area contributed by atoms with Crippen LogP contribution < -0.4 is 0 Å². The smallest absolute Gasteiger partial charge is 0.324 e. The first-order valence-corrected chi connectivity index (χ1v) is 17.9. The summed E-state index contributed by atoms with van der Waals surface area (Å²) in [6, 6.07) is 9.11. The van der Waals surface area contributed by atoms with E-state index in [2.05, 4.69) is 4.98 Å². The largest absolute Gasteiger partial charge is 0.339 e. The Bertz CT molecular complexity index is 1220. The van der Waals surface area contributed by atoms with Crippen LogP contribution >= 0.6 is 34.4 Å². The zero-order valence-corrected chi connectivity index (χ0v) is 24.7. The third-order valence-corrected chi connectivity index (χ3v) is 8.72. The van der Waals surface area contributed by atoms with Crippen LogP contribution in [0.4, 0.5) is 0 Å². The topological polar surface area (TPSA) is 198 Å². The molecule has 39 heavy (non-hydrogen) atoms. The van der Waals surface area contributed by atoms with Gasteiger partial charge in [0.15, 0.2) is 0 Å². The molecule has 0 bridgehead atoms. The Balaban J connectivity index is 1.83. The average molecular weight is 630 g/mol. The number of hydrogen-bond acceptors (Lipinski definition) is 8. The number of halogens is 1. The molecule has 0 atom stereocenters. The molecule has 0 radical (unpaired) electrons. The van der Waals surface area contributed by atoms with Gasteiger partial charge in [0.1, 0.15) is 18.9 Å². The molecule has 1 aromatic carbocycles. The summed E-state index contributed by atoms with van der Waals surface area (Å²) in [6.45, 7) is 2.07. The van der Waals surface area contributed by atoms with E-state index >= 15 is 0 Å². The zero-order chi connectivity index (χ0) is 28.8. The number of hydrogen-bond donors (Lipinski definition) is 6. The molecule has 1 aliphatic rings. The summed E-state index contributed by atoms with van der Waals surface area (Å²) < 4.78 is 35.2. The summed E-state index contributed by atoms with van der Waals surface area (Å²) in [5.41, 5.74) is 1.50. The summed E-state index contributed by atoms with van der Waals surface area (Å²) in [6.07, 6.45) is -1.60. The number of pyridine rings is 1. The predicted octanol–water partition coefficient (Wildman–Crippen LogP) is 1.02. The molecule has 1 aromatic heterocycles. The molecule has 3 rings (SSSR count). The van der Waals surface area contributed by atoms with E-state index in [1.165, 1.54) is 4.90 Å². The van der Waals surface area contributed by atoms with Gasteiger partial charge in [-0.15, -0.1) is 0 Å². The molecule has 14 nitrogen and oxygen atoms in total. The molecule has 2 heterocycles. The SMILES string of the molecule is O=P(O)(O)CN1CCN(Cc2ccc3cc(Cl)ccc3n2)CCN(CP(=O)(O)O)CCN(CP(=O)(O)O)CC1. The van der Waals surface area contributed by atoms with Crippen molar-refractivity contribution in [1.82, 2.24) is 24.6 Å². The average Bonchev–Trinajstić information content (AvgIpc) is 2.78. The predicted molar refractivity (Wildman–Crippen MR) is 147 cm³/mol. The molecular weight excluding hydrogens is 595 g/mol. The van der Waals surface area contributed by atoms with Gasteiger partial charge in [0, 0.05) is 69.3 Å². The van der Waals surface area contributed by atoms with Gasteiger partial charge in [0.2, 0.25) is 0 Å². The first-order chi connectivity index (χ1) is 18.0. The Kier molecular flexibility index (Phi) is 11.7. The van der Waals surface area contributed by atoms with Gasteiger partial charge in [-0.2, -0.15) is 0 Å². The fourth-order valence-electron chi connectivity index (χ4n) is 4.40. The molecule has 0 amide bonds. The van der Waals surface area contributed by atoms with E-state index in [9.17, 15) is 43.1 Å². The van der Waals surface area contributed by atoms with E-state index in [4.69, 9.17) is 11.6 Å². The second-order valence-corrected chi connectivity index (χ2v) is 15.0. The Morgan fingerprint density at radius 2 is 1.05 bits per heavy atom. The molecule has 6 N–H and O–H groups in total. The normalized spacial score (nSPS) is 19.2. The van der Waals surface area contributed by atoms with Crippen LogP contribution in [0.3, 0.4) is 0 Å². The lowest BCUT2D eigenvalue weighted by molar-refractivity contribution is 0.142. The number of rotatable bonds is 8. The first kappa shape index (κ1) is 32.7. The lowest BCUT2D eigenvalue weighted by Gasteiger charge is -2.34. The summed E-state index contributed by atoms with van der Waals surface area (Å²) in [7, 11) is -13.3. The highest BCUT2D eigenvalue weighted by atomic mass is 35.5. The van der Waals surface area contributed by atoms with Gasteiger partial charge < -0.3 is 29.4 Å². The van der Waals surface area contributed by atoms with Gasteiger partial charge in [0.05, 0.1) is 11.2 Å². The number of benzene rings is 1. The van der Waals surface area contributed by atoms with Crippen molar-refractivity contribution in [3.8, 4) is 0 Å². The van der Waals surface area contributed by atoms with E-state index in [-0.39, 0.29) is 39.3 Å². The molecule has 18 heteroatoms. The molecule has 0 aliphatic carbocycles. The summed E-state index contributed by atoms with van der Waals surface area (Å²) in [5, 5.41) is 1.47. The molecule has 1 fully saturated rings. The first-order valence-electron chi connectivity index (χ1n) is 12.1. The van der Waals surface area contributed by atoms with Gasteiger partial charge in [-0.25, -0.2) is 0 Å². The van der Waals surface area contributed by atoms with Crippen molar-refractivity contribution in [2.24, 2.45) is 0 Å². The number of nitrogens with zero attached hydrogens (tertiary/aromatic N) is 5. The highest BCUT2D eigenvalue weighted by Crippen LogP contribution is 2.37. The lowest BCUT2D eigenvalue weighted by Crippen LogP contribution is -2.46. The van der Waals surface area contributed by atoms with E-state index in [0.717, 1.165) is 16.6 Å². The van der Waals surface area contributed by atoms with E-state index < -0.39 is 41.6 Å². The highest BCUT2D eigenvalue weighted by Gasteiger charge is 2.26. The number of fused-ring (bicyclic) bond motifs is 1. The zero-order valence-electron chi connectivity index (χ0n) is 21.2. The second-order valence-electron chi connectivity index (χ2n) is 9.69. The fourth-order valence-corrected chi connectivity index (χ4v) is 6.99. The minimum Gasteiger partial charge on any atom is -0.324 e. The maximum atomic E-state index is 11.8. The minimum absolute atomic E-state index is 0.101. The van der Waals surface area contributed by atoms with E-state index in [1.54, 1.807) is 21.9 Å². The lowest BCUT2D eigenvalue weighted by atomic mass is 10.2. The summed E-state index contributed by atoms with van der Waals surface area (Å²) in [5.74, 6) is 0. The molecule has 0 saturated carbocycles. The molecule has 220 valence electrons. The standard InChI is InChI=1S/C21H35ClN5O9P3/c22-19-2-4-21-18(13-19)1-3-20(23-21)14-24-5-7-25(15-37(28,29)30)9-11-27(17-39(34,35)36)12-10-26(8-6-24)16-38(31,32)33/h1-4,13H,5-12,14-17H2,(H2,28,29,30)(H2,31,32,33)(H2,34,35,36). The van der Waals surface area contributed by atoms with Crippen LogP contribution in [-0.4, -0.2) is 125 Å². The van der Waals surface area contributed by atoms with Crippen LogP contribution in [0.5, 0.6) is 0 Å². The van der Waals surface area contributed by atoms with Crippen LogP contribution in [-0.2, 0) is 20.2 Å².